The molecule has 0 unspecified atom stereocenters. The van der Waals surface area contributed by atoms with Crippen LogP contribution in [0.4, 0.5) is 0 Å². The van der Waals surface area contributed by atoms with Gasteiger partial charge in [-0.2, -0.15) is 0 Å². The monoisotopic (exact) mass is 202 g/mol. The van der Waals surface area contributed by atoms with E-state index in [0.717, 1.165) is 0 Å². The average Bonchev–Trinajstić information content (AvgIpc) is 2.73. The molecule has 1 aromatic carbocycles. The number of hydrogen-bond donors (Lipinski definition) is 1. The van der Waals surface area contributed by atoms with E-state index in [-0.39, 0.29) is 11.4 Å². The molecule has 0 atom stereocenters. The first kappa shape index (κ1) is 5.70. The summed E-state index contributed by atoms with van der Waals surface area (Å²) in [6.07, 6.45) is 1.36. The third-order valence-corrected chi connectivity index (χ3v) is 2.39. The van der Waals surface area contributed by atoms with Gasteiger partial charge < -0.3 is 4.98 Å². The molecule has 74 valence electrons. The van der Waals surface area contributed by atoms with Crippen molar-refractivity contribution in [2.75, 3.05) is 0 Å². The van der Waals surface area contributed by atoms with Crippen LogP contribution < -0.4 is 5.56 Å². The largest absolute Gasteiger partial charge is 0.306 e. The van der Waals surface area contributed by atoms with Crippen LogP contribution in [0, 0.1) is 6.85 Å². The number of fused-ring (bicyclic) bond motifs is 3. The summed E-state index contributed by atoms with van der Waals surface area (Å²) >= 11 is 0. The minimum Gasteiger partial charge on any atom is -0.306 e. The third kappa shape index (κ3) is 1.01. The normalized spacial score (nSPS) is 15.1. The van der Waals surface area contributed by atoms with Crippen molar-refractivity contribution >= 4 is 16.6 Å². The number of H-pyrrole nitrogens is 1. The third-order valence-electron chi connectivity index (χ3n) is 2.39. The van der Waals surface area contributed by atoms with Gasteiger partial charge in [-0.25, -0.2) is 4.98 Å². The minimum absolute atomic E-state index is 0.0510. The molecule has 0 spiro atoms. The fraction of sp³-hybridized carbons (Fsp3) is 0.0909. The molecule has 4 nitrogen and oxygen atoms in total. The lowest BCUT2D eigenvalue weighted by Gasteiger charge is -2.02. The summed E-state index contributed by atoms with van der Waals surface area (Å²) in [6, 6.07) is 6.84. The SMILES string of the molecule is [2H]C([2H])([2H])c1ncc2[nH]c(=O)c3ccccc3n12. The molecule has 2 heterocycles. The van der Waals surface area contributed by atoms with Gasteiger partial charge in [-0.05, 0) is 19.0 Å². The van der Waals surface area contributed by atoms with Gasteiger partial charge in [-0.15, -0.1) is 0 Å². The number of nitrogens with zero attached hydrogens (tertiary/aromatic N) is 2. The highest BCUT2D eigenvalue weighted by Gasteiger charge is 2.06. The van der Waals surface area contributed by atoms with E-state index >= 15 is 0 Å². The second-order valence-electron chi connectivity index (χ2n) is 3.27. The number of benzene rings is 1. The Kier molecular flexibility index (Phi) is 1.02. The van der Waals surface area contributed by atoms with Crippen LogP contribution in [0.2, 0.25) is 0 Å². The van der Waals surface area contributed by atoms with Crippen LogP contribution in [0.3, 0.4) is 0 Å². The van der Waals surface area contributed by atoms with Crippen molar-refractivity contribution in [2.24, 2.45) is 0 Å². The van der Waals surface area contributed by atoms with Crippen LogP contribution in [-0.2, 0) is 0 Å². The topological polar surface area (TPSA) is 50.2 Å². The van der Waals surface area contributed by atoms with Crippen molar-refractivity contribution in [3.63, 3.8) is 0 Å². The van der Waals surface area contributed by atoms with E-state index in [1.807, 2.05) is 0 Å². The highest BCUT2D eigenvalue weighted by Crippen LogP contribution is 2.12. The molecule has 0 saturated carbocycles. The van der Waals surface area contributed by atoms with E-state index in [9.17, 15) is 4.79 Å². The Labute approximate surface area is 89.4 Å². The van der Waals surface area contributed by atoms with Crippen LogP contribution in [0.15, 0.2) is 35.3 Å². The lowest BCUT2D eigenvalue weighted by molar-refractivity contribution is 1.06. The molecule has 1 N–H and O–H groups in total. The van der Waals surface area contributed by atoms with Crippen LogP contribution in [0.25, 0.3) is 16.6 Å². The van der Waals surface area contributed by atoms with Crippen molar-refractivity contribution in [3.05, 3.63) is 46.6 Å². The van der Waals surface area contributed by atoms with E-state index in [4.69, 9.17) is 4.11 Å². The van der Waals surface area contributed by atoms with Crippen LogP contribution in [-0.4, -0.2) is 14.4 Å². The molecule has 2 aromatic heterocycles. The molecule has 0 bridgehead atoms. The number of aromatic nitrogens is 3. The number of para-hydroxylation sites is 1. The van der Waals surface area contributed by atoms with Crippen molar-refractivity contribution in [1.29, 1.82) is 0 Å². The second-order valence-corrected chi connectivity index (χ2v) is 3.27. The van der Waals surface area contributed by atoms with Gasteiger partial charge in [-0.1, -0.05) is 12.1 Å². The lowest BCUT2D eigenvalue weighted by atomic mass is 10.2. The molecule has 0 saturated heterocycles. The number of imidazole rings is 1. The van der Waals surface area contributed by atoms with Gasteiger partial charge in [0.15, 0.2) is 0 Å². The van der Waals surface area contributed by atoms with Gasteiger partial charge in [0, 0.05) is 4.11 Å². The maximum atomic E-state index is 11.8. The molecule has 4 heteroatoms. The first-order valence-electron chi connectivity index (χ1n) is 5.97. The number of hydrogen-bond acceptors (Lipinski definition) is 2. The number of aryl methyl sites for hydroxylation is 1. The molecule has 0 fully saturated rings. The molecular formula is C11H9N3O. The predicted octanol–water partition coefficient (Wildman–Crippen LogP) is 1.48. The van der Waals surface area contributed by atoms with Crippen LogP contribution in [0.1, 0.15) is 9.94 Å². The Balaban J connectivity index is 2.59. The molecular weight excluding hydrogens is 190 g/mol. The van der Waals surface area contributed by atoms with Gasteiger partial charge in [0.05, 0.1) is 17.1 Å². The molecule has 0 aliphatic carbocycles. The molecule has 3 rings (SSSR count). The predicted molar refractivity (Wildman–Crippen MR) is 58.1 cm³/mol. The maximum Gasteiger partial charge on any atom is 0.258 e. The lowest BCUT2D eigenvalue weighted by Crippen LogP contribution is -2.09. The van der Waals surface area contributed by atoms with E-state index in [2.05, 4.69) is 9.97 Å². The zero-order valence-electron chi connectivity index (χ0n) is 10.7. The fourth-order valence-corrected chi connectivity index (χ4v) is 1.73. The van der Waals surface area contributed by atoms with Crippen molar-refractivity contribution < 1.29 is 4.11 Å². The highest BCUT2D eigenvalue weighted by molar-refractivity contribution is 5.80. The van der Waals surface area contributed by atoms with E-state index < -0.39 is 6.85 Å². The summed E-state index contributed by atoms with van der Waals surface area (Å²) in [5.74, 6) is -0.0510. The Bertz CT molecular complexity index is 800. The van der Waals surface area contributed by atoms with Gasteiger partial charge >= 0.3 is 0 Å². The van der Waals surface area contributed by atoms with Crippen molar-refractivity contribution in [1.82, 2.24) is 14.4 Å². The molecule has 0 aliphatic heterocycles. The summed E-state index contributed by atoms with van der Waals surface area (Å²) in [6.45, 7) is -2.33. The highest BCUT2D eigenvalue weighted by atomic mass is 16.1. The average molecular weight is 202 g/mol. The standard InChI is InChI=1S/C11H9N3O/c1-7-12-6-10-13-11(15)8-4-2-3-5-9(8)14(7)10/h2-6H,1H3,(H,13,15)/i1D3. The second kappa shape index (κ2) is 2.70. The van der Waals surface area contributed by atoms with Crippen LogP contribution in [0.5, 0.6) is 0 Å². The number of nitrogens with one attached hydrogen (secondary N) is 1. The molecule has 15 heavy (non-hydrogen) atoms. The Morgan fingerprint density at radius 2 is 2.33 bits per heavy atom. The Morgan fingerprint density at radius 3 is 3.20 bits per heavy atom. The summed E-state index contributed by atoms with van der Waals surface area (Å²) in [4.78, 5) is 18.3. The smallest absolute Gasteiger partial charge is 0.258 e. The quantitative estimate of drug-likeness (QED) is 0.600. The van der Waals surface area contributed by atoms with Crippen LogP contribution >= 0.6 is 0 Å². The van der Waals surface area contributed by atoms with Gasteiger partial charge in [0.25, 0.3) is 5.56 Å². The van der Waals surface area contributed by atoms with Crippen molar-refractivity contribution in [2.45, 2.75) is 6.85 Å². The molecule has 0 aliphatic rings. The summed E-state index contributed by atoms with van der Waals surface area (Å²) in [5, 5.41) is 0.438. The van der Waals surface area contributed by atoms with Gasteiger partial charge in [-0.3, -0.25) is 9.20 Å². The summed E-state index contributed by atoms with van der Waals surface area (Å²) < 4.78 is 23.8. The Hall–Kier alpha value is -2.10. The first-order valence-corrected chi connectivity index (χ1v) is 4.47. The fourth-order valence-electron chi connectivity index (χ4n) is 1.73. The zero-order valence-corrected chi connectivity index (χ0v) is 7.69. The van der Waals surface area contributed by atoms with E-state index in [1.54, 1.807) is 24.3 Å². The molecule has 0 amide bonds. The number of rotatable bonds is 0. The first-order chi connectivity index (χ1) is 8.48. The molecule has 3 aromatic rings. The summed E-state index contributed by atoms with van der Waals surface area (Å²) in [5.41, 5.74) is 0.666. The Morgan fingerprint density at radius 1 is 1.47 bits per heavy atom. The van der Waals surface area contributed by atoms with Gasteiger partial charge in [0.1, 0.15) is 11.5 Å². The van der Waals surface area contributed by atoms with E-state index in [0.29, 0.717) is 16.6 Å². The number of aromatic amines is 1. The zero-order chi connectivity index (χ0) is 12.9. The summed E-state index contributed by atoms with van der Waals surface area (Å²) in [7, 11) is 0. The van der Waals surface area contributed by atoms with E-state index in [1.165, 1.54) is 10.6 Å². The maximum absolute atomic E-state index is 11.8. The molecule has 0 radical (unpaired) electrons. The van der Waals surface area contributed by atoms with Gasteiger partial charge in [0.2, 0.25) is 0 Å². The minimum atomic E-state index is -2.33. The van der Waals surface area contributed by atoms with Crippen molar-refractivity contribution in [3.8, 4) is 0 Å².